The molecule has 2 heterocycles. The van der Waals surface area contributed by atoms with Crippen LogP contribution in [0.5, 0.6) is 5.75 Å². The molecule has 2 fully saturated rings. The number of fused-ring (bicyclic) bond motifs is 3. The maximum Gasteiger partial charge on any atom is 0.331 e. The molecule has 1 N–H and O–H groups in total. The van der Waals surface area contributed by atoms with E-state index in [9.17, 15) is 4.79 Å². The van der Waals surface area contributed by atoms with Crippen LogP contribution in [-0.4, -0.2) is 43.4 Å². The quantitative estimate of drug-likeness (QED) is 0.228. The summed E-state index contributed by atoms with van der Waals surface area (Å²) < 4.78 is 24.1. The van der Waals surface area contributed by atoms with Crippen molar-refractivity contribution in [2.45, 2.75) is 101 Å². The highest BCUT2D eigenvalue weighted by atomic mass is 35.5. The maximum atomic E-state index is 13.5. The van der Waals surface area contributed by atoms with Gasteiger partial charge >= 0.3 is 5.97 Å². The van der Waals surface area contributed by atoms with Crippen LogP contribution in [0.2, 0.25) is 5.02 Å². The molecule has 48 heavy (non-hydrogen) atoms. The number of anilines is 1. The summed E-state index contributed by atoms with van der Waals surface area (Å²) in [6.07, 6.45) is 11.0. The van der Waals surface area contributed by atoms with Crippen LogP contribution in [0.1, 0.15) is 105 Å². The molecule has 1 aliphatic heterocycles. The zero-order chi connectivity index (χ0) is 33.3. The second-order valence-electron chi connectivity index (χ2n) is 14.7. The number of methoxy groups -OCH3 is 1. The molecule has 7 nitrogen and oxygen atoms in total. The van der Waals surface area contributed by atoms with E-state index in [2.05, 4.69) is 48.4 Å². The molecule has 1 aromatic heterocycles. The number of aryl methyl sites for hydroxylation is 1. The molecular weight excluding hydrogens is 624 g/mol. The number of carbonyl (C=O) groups is 1. The van der Waals surface area contributed by atoms with E-state index >= 15 is 0 Å². The molecule has 0 unspecified atom stereocenters. The fourth-order valence-corrected chi connectivity index (χ4v) is 9.32. The van der Waals surface area contributed by atoms with Crippen LogP contribution in [0, 0.1) is 11.8 Å². The number of nitrogens with zero attached hydrogens (tertiary/aromatic N) is 1. The lowest BCUT2D eigenvalue weighted by molar-refractivity contribution is -0.183. The van der Waals surface area contributed by atoms with E-state index in [1.165, 1.54) is 42.3 Å². The summed E-state index contributed by atoms with van der Waals surface area (Å²) in [6.45, 7) is 6.72. The Kier molecular flexibility index (Phi) is 9.74. The molecule has 1 saturated carbocycles. The van der Waals surface area contributed by atoms with Crippen LogP contribution in [0.4, 0.5) is 5.69 Å². The third-order valence-electron chi connectivity index (χ3n) is 11.6. The van der Waals surface area contributed by atoms with Crippen molar-refractivity contribution >= 4 is 23.3 Å². The number of hydrogen-bond donors (Lipinski definition) is 1. The van der Waals surface area contributed by atoms with E-state index < -0.39 is 5.54 Å². The molecule has 8 heteroatoms. The number of hydrogen-bond acceptors (Lipinski definition) is 7. The number of pyridine rings is 1. The molecule has 1 saturated heterocycles. The van der Waals surface area contributed by atoms with Crippen molar-refractivity contribution in [1.82, 2.24) is 4.98 Å². The third-order valence-corrected chi connectivity index (χ3v) is 11.8. The number of nitrogens with one attached hydrogen (secondary N) is 1. The maximum absolute atomic E-state index is 13.5. The van der Waals surface area contributed by atoms with Crippen molar-refractivity contribution in [3.8, 4) is 5.75 Å². The van der Waals surface area contributed by atoms with Crippen LogP contribution in [0.3, 0.4) is 0 Å². The highest BCUT2D eigenvalue weighted by Crippen LogP contribution is 2.57. The number of halogens is 1. The van der Waals surface area contributed by atoms with Gasteiger partial charge in [0.1, 0.15) is 11.3 Å². The Balaban J connectivity index is 1.15. The SMILES string of the molecule is COC(=O)C1(Nc2cccc(Cl)c2)CCC2(CC1)c1cc(C3OCCCO3)ccc1C[C@@H]2C[C@@H](C)COc1ccnc2c1[C@H](C)CCC2. The Bertz CT molecular complexity index is 1610. The summed E-state index contributed by atoms with van der Waals surface area (Å²) in [6, 6.07) is 16.5. The molecule has 3 atom stereocenters. The molecule has 3 aromatic rings. The average Bonchev–Trinajstić information content (AvgIpc) is 3.39. The first-order chi connectivity index (χ1) is 23.3. The van der Waals surface area contributed by atoms with E-state index in [4.69, 9.17) is 30.5 Å². The smallest absolute Gasteiger partial charge is 0.331 e. The monoisotopic (exact) mass is 672 g/mol. The molecule has 0 radical (unpaired) electrons. The number of esters is 1. The molecule has 7 rings (SSSR count). The number of ether oxygens (including phenoxy) is 4. The van der Waals surface area contributed by atoms with Crippen LogP contribution < -0.4 is 10.1 Å². The molecular formula is C40H49ClN2O5. The predicted octanol–water partition coefficient (Wildman–Crippen LogP) is 8.72. The minimum Gasteiger partial charge on any atom is -0.493 e. The Hall–Kier alpha value is -3.13. The van der Waals surface area contributed by atoms with Gasteiger partial charge in [-0.15, -0.1) is 0 Å². The molecule has 4 aliphatic rings. The largest absolute Gasteiger partial charge is 0.493 e. The Morgan fingerprint density at radius 2 is 1.90 bits per heavy atom. The van der Waals surface area contributed by atoms with Crippen molar-refractivity contribution in [2.24, 2.45) is 11.8 Å². The van der Waals surface area contributed by atoms with Gasteiger partial charge in [-0.05, 0) is 129 Å². The van der Waals surface area contributed by atoms with Gasteiger partial charge in [-0.2, -0.15) is 0 Å². The molecule has 256 valence electrons. The lowest BCUT2D eigenvalue weighted by atomic mass is 9.59. The van der Waals surface area contributed by atoms with Crippen LogP contribution in [0.15, 0.2) is 54.7 Å². The molecule has 0 amide bonds. The first-order valence-electron chi connectivity index (χ1n) is 17.9. The Labute approximate surface area is 290 Å². The van der Waals surface area contributed by atoms with Crippen molar-refractivity contribution in [2.75, 3.05) is 32.2 Å². The standard InChI is InChI=1S/C40H49ClN2O5/c1-26(25-48-35-13-18-42-34-10-4-7-27(2)36(34)35)21-30-22-28-11-12-29(37-46-19-6-20-47-37)23-33(28)39(30)14-16-40(17-15-39,38(44)45-3)43-32-9-5-8-31(41)24-32/h5,8-9,11-13,18,23-24,26-27,30,37,43H,4,6-7,10,14-17,19-22,25H2,1-3H3/t26-,27-,30+,39?,40?/m1/s1. The topological polar surface area (TPSA) is 78.9 Å². The minimum atomic E-state index is -0.822. The third kappa shape index (κ3) is 6.46. The van der Waals surface area contributed by atoms with Gasteiger partial charge in [-0.1, -0.05) is 43.6 Å². The van der Waals surface area contributed by atoms with Crippen LogP contribution >= 0.6 is 11.6 Å². The Morgan fingerprint density at radius 1 is 1.08 bits per heavy atom. The second-order valence-corrected chi connectivity index (χ2v) is 15.2. The van der Waals surface area contributed by atoms with E-state index in [0.717, 1.165) is 55.5 Å². The molecule has 1 spiro atoms. The van der Waals surface area contributed by atoms with Gasteiger partial charge in [0, 0.05) is 33.7 Å². The lowest BCUT2D eigenvalue weighted by Gasteiger charge is -2.48. The van der Waals surface area contributed by atoms with Crippen LogP contribution in [-0.2, 0) is 37.3 Å². The van der Waals surface area contributed by atoms with E-state index in [1.807, 2.05) is 30.5 Å². The summed E-state index contributed by atoms with van der Waals surface area (Å²) in [5.41, 5.74) is 6.32. The van der Waals surface area contributed by atoms with Gasteiger partial charge in [-0.3, -0.25) is 4.98 Å². The van der Waals surface area contributed by atoms with E-state index in [1.54, 1.807) is 0 Å². The highest BCUT2D eigenvalue weighted by molar-refractivity contribution is 6.30. The molecule has 3 aliphatic carbocycles. The first-order valence-corrected chi connectivity index (χ1v) is 18.3. The van der Waals surface area contributed by atoms with Gasteiger partial charge < -0.3 is 24.3 Å². The van der Waals surface area contributed by atoms with Gasteiger partial charge in [0.15, 0.2) is 6.29 Å². The summed E-state index contributed by atoms with van der Waals surface area (Å²) in [5.74, 6) is 2.03. The zero-order valence-corrected chi connectivity index (χ0v) is 29.3. The Morgan fingerprint density at radius 3 is 2.67 bits per heavy atom. The normalized spacial score (nSPS) is 27.6. The highest BCUT2D eigenvalue weighted by Gasteiger charge is 2.54. The summed E-state index contributed by atoms with van der Waals surface area (Å²) in [4.78, 5) is 18.2. The summed E-state index contributed by atoms with van der Waals surface area (Å²) >= 11 is 6.34. The van der Waals surface area contributed by atoms with Gasteiger partial charge in [0.2, 0.25) is 0 Å². The van der Waals surface area contributed by atoms with Crippen molar-refractivity contribution in [3.63, 3.8) is 0 Å². The van der Waals surface area contributed by atoms with Gasteiger partial charge in [0.25, 0.3) is 0 Å². The lowest BCUT2D eigenvalue weighted by Crippen LogP contribution is -2.53. The fraction of sp³-hybridized carbons (Fsp3) is 0.550. The average molecular weight is 673 g/mol. The van der Waals surface area contributed by atoms with Crippen molar-refractivity contribution in [3.05, 3.63) is 87.7 Å². The first kappa shape index (κ1) is 33.4. The number of carbonyl (C=O) groups excluding carboxylic acids is 1. The second kappa shape index (κ2) is 14.0. The van der Waals surface area contributed by atoms with E-state index in [-0.39, 0.29) is 17.7 Å². The number of aromatic nitrogens is 1. The number of rotatable bonds is 9. The van der Waals surface area contributed by atoms with E-state index in [0.29, 0.717) is 55.4 Å². The summed E-state index contributed by atoms with van der Waals surface area (Å²) in [7, 11) is 1.49. The van der Waals surface area contributed by atoms with Gasteiger partial charge in [-0.25, -0.2) is 4.79 Å². The fourth-order valence-electron chi connectivity index (χ4n) is 9.13. The predicted molar refractivity (Wildman–Crippen MR) is 188 cm³/mol. The van der Waals surface area contributed by atoms with Crippen LogP contribution in [0.25, 0.3) is 0 Å². The molecule has 0 bridgehead atoms. The zero-order valence-electron chi connectivity index (χ0n) is 28.6. The van der Waals surface area contributed by atoms with Gasteiger partial charge in [0.05, 0.1) is 26.9 Å². The molecule has 2 aromatic carbocycles. The minimum absolute atomic E-state index is 0.0772. The summed E-state index contributed by atoms with van der Waals surface area (Å²) in [5, 5.41) is 4.21. The number of benzene rings is 2. The van der Waals surface area contributed by atoms with Crippen molar-refractivity contribution in [1.29, 1.82) is 0 Å². The van der Waals surface area contributed by atoms with Crippen molar-refractivity contribution < 1.29 is 23.7 Å².